The van der Waals surface area contributed by atoms with Crippen molar-refractivity contribution in [3.05, 3.63) is 46.1 Å². The van der Waals surface area contributed by atoms with E-state index in [-0.39, 0.29) is 5.56 Å². The highest BCUT2D eigenvalue weighted by molar-refractivity contribution is 6.00. The van der Waals surface area contributed by atoms with E-state index in [1.54, 1.807) is 42.8 Å². The molecule has 0 radical (unpaired) electrons. The average molecular weight is 445 g/mol. The van der Waals surface area contributed by atoms with Crippen LogP contribution < -0.4 is 20.3 Å². The van der Waals surface area contributed by atoms with Gasteiger partial charge in [-0.2, -0.15) is 0 Å². The number of nitrogens with zero attached hydrogens (tertiary/aromatic N) is 2. The van der Waals surface area contributed by atoms with Gasteiger partial charge in [0.15, 0.2) is 5.60 Å². The van der Waals surface area contributed by atoms with E-state index in [0.29, 0.717) is 60.4 Å². The van der Waals surface area contributed by atoms with Crippen molar-refractivity contribution in [2.24, 2.45) is 0 Å². The lowest BCUT2D eigenvalue weighted by Gasteiger charge is -2.21. The van der Waals surface area contributed by atoms with Gasteiger partial charge in [0, 0.05) is 13.6 Å². The fourth-order valence-corrected chi connectivity index (χ4v) is 3.09. The maximum Gasteiger partial charge on any atom is 0.347 e. The quantitative estimate of drug-likeness (QED) is 0.338. The number of carbonyl (C=O) groups is 1. The molecule has 0 aliphatic heterocycles. The van der Waals surface area contributed by atoms with Crippen molar-refractivity contribution in [1.29, 1.82) is 5.41 Å². The summed E-state index contributed by atoms with van der Waals surface area (Å²) in [4.78, 5) is 28.5. The summed E-state index contributed by atoms with van der Waals surface area (Å²) in [6.45, 7) is 7.53. The SMILES string of the molecule is CCCC(=N)c1nc(C)n(CCCOc2ccc(OC(C)(C)C(=O)O)cc2)c(=O)c1NC. The second kappa shape index (κ2) is 10.8. The fourth-order valence-electron chi connectivity index (χ4n) is 3.09. The Hall–Kier alpha value is -3.36. The van der Waals surface area contributed by atoms with Crippen molar-refractivity contribution in [3.63, 3.8) is 0 Å². The van der Waals surface area contributed by atoms with Crippen LogP contribution in [0, 0.1) is 12.3 Å². The van der Waals surface area contributed by atoms with Gasteiger partial charge in [0.2, 0.25) is 0 Å². The van der Waals surface area contributed by atoms with Gasteiger partial charge in [-0.05, 0) is 57.9 Å². The molecule has 2 aromatic rings. The van der Waals surface area contributed by atoms with Crippen LogP contribution in [0.1, 0.15) is 51.6 Å². The first-order valence-electron chi connectivity index (χ1n) is 10.6. The van der Waals surface area contributed by atoms with Crippen LogP contribution >= 0.6 is 0 Å². The summed E-state index contributed by atoms with van der Waals surface area (Å²) in [5, 5.41) is 20.2. The minimum Gasteiger partial charge on any atom is -0.494 e. The van der Waals surface area contributed by atoms with Gasteiger partial charge in [-0.15, -0.1) is 0 Å². The maximum atomic E-state index is 12.9. The van der Waals surface area contributed by atoms with Crippen molar-refractivity contribution in [3.8, 4) is 11.5 Å². The fraction of sp³-hybridized carbons (Fsp3) is 0.478. The molecule has 3 N–H and O–H groups in total. The lowest BCUT2D eigenvalue weighted by atomic mass is 10.1. The number of carboxylic acid groups (broad SMARTS) is 1. The number of benzene rings is 1. The summed E-state index contributed by atoms with van der Waals surface area (Å²) in [6.07, 6.45) is 1.96. The molecule has 0 saturated carbocycles. The largest absolute Gasteiger partial charge is 0.494 e. The second-order valence-electron chi connectivity index (χ2n) is 7.91. The Labute approximate surface area is 187 Å². The van der Waals surface area contributed by atoms with Crippen LogP contribution in [0.25, 0.3) is 0 Å². The third-order valence-electron chi connectivity index (χ3n) is 4.90. The van der Waals surface area contributed by atoms with Crippen LogP contribution in [0.2, 0.25) is 0 Å². The van der Waals surface area contributed by atoms with Crippen molar-refractivity contribution in [2.45, 2.75) is 59.1 Å². The summed E-state index contributed by atoms with van der Waals surface area (Å²) in [5.74, 6) is 0.570. The van der Waals surface area contributed by atoms with Gasteiger partial charge in [0.1, 0.15) is 28.7 Å². The molecule has 0 spiro atoms. The molecule has 1 heterocycles. The van der Waals surface area contributed by atoms with Gasteiger partial charge >= 0.3 is 5.97 Å². The maximum absolute atomic E-state index is 12.9. The zero-order valence-electron chi connectivity index (χ0n) is 19.3. The molecule has 174 valence electrons. The molecule has 2 rings (SSSR count). The smallest absolute Gasteiger partial charge is 0.347 e. The molecule has 1 aromatic carbocycles. The summed E-state index contributed by atoms with van der Waals surface area (Å²) >= 11 is 0. The molecule has 0 saturated heterocycles. The summed E-state index contributed by atoms with van der Waals surface area (Å²) in [6, 6.07) is 6.72. The van der Waals surface area contributed by atoms with Gasteiger partial charge in [-0.3, -0.25) is 9.36 Å². The van der Waals surface area contributed by atoms with Gasteiger partial charge in [-0.25, -0.2) is 9.78 Å². The van der Waals surface area contributed by atoms with E-state index in [4.69, 9.17) is 20.0 Å². The zero-order chi connectivity index (χ0) is 23.9. The van der Waals surface area contributed by atoms with Crippen LogP contribution in [-0.2, 0) is 11.3 Å². The molecule has 0 amide bonds. The minimum absolute atomic E-state index is 0.196. The van der Waals surface area contributed by atoms with Gasteiger partial charge in [0.25, 0.3) is 5.56 Å². The number of nitrogens with one attached hydrogen (secondary N) is 2. The standard InChI is InChI=1S/C23H32N4O5/c1-6-8-18(24)19-20(25-5)21(28)27(15(2)26-19)13-7-14-31-16-9-11-17(12-10-16)32-23(3,4)22(29)30/h9-12,24-25H,6-8,13-14H2,1-5H3,(H,29,30). The first kappa shape index (κ1) is 24.9. The first-order valence-corrected chi connectivity index (χ1v) is 10.6. The number of anilines is 1. The lowest BCUT2D eigenvalue weighted by molar-refractivity contribution is -0.152. The summed E-state index contributed by atoms with van der Waals surface area (Å²) in [7, 11) is 1.66. The molecular weight excluding hydrogens is 412 g/mol. The first-order chi connectivity index (χ1) is 15.1. The highest BCUT2D eigenvalue weighted by Crippen LogP contribution is 2.22. The summed E-state index contributed by atoms with van der Waals surface area (Å²) < 4.78 is 12.8. The molecule has 0 aliphatic carbocycles. The normalized spacial score (nSPS) is 11.2. The second-order valence-corrected chi connectivity index (χ2v) is 7.91. The third kappa shape index (κ3) is 6.09. The Morgan fingerprint density at radius 1 is 1.25 bits per heavy atom. The van der Waals surface area contributed by atoms with Crippen LogP contribution in [0.3, 0.4) is 0 Å². The van der Waals surface area contributed by atoms with Crippen molar-refractivity contribution >= 4 is 17.4 Å². The van der Waals surface area contributed by atoms with Crippen LogP contribution in [0.15, 0.2) is 29.1 Å². The number of ether oxygens (including phenoxy) is 2. The highest BCUT2D eigenvalue weighted by atomic mass is 16.5. The zero-order valence-corrected chi connectivity index (χ0v) is 19.3. The molecule has 1 aromatic heterocycles. The van der Waals surface area contributed by atoms with Crippen LogP contribution in [-0.4, -0.2) is 45.6 Å². The number of aryl methyl sites for hydroxylation is 1. The number of aromatic nitrogens is 2. The Balaban J connectivity index is 1.99. The van der Waals surface area contributed by atoms with Crippen molar-refractivity contribution in [2.75, 3.05) is 19.0 Å². The van der Waals surface area contributed by atoms with E-state index in [2.05, 4.69) is 10.3 Å². The average Bonchev–Trinajstić information content (AvgIpc) is 2.73. The molecule has 9 nitrogen and oxygen atoms in total. The molecular formula is C23H32N4O5. The molecule has 0 atom stereocenters. The van der Waals surface area contributed by atoms with E-state index < -0.39 is 11.6 Å². The summed E-state index contributed by atoms with van der Waals surface area (Å²) in [5.41, 5.74) is -0.407. The molecule has 32 heavy (non-hydrogen) atoms. The predicted molar refractivity (Wildman–Crippen MR) is 123 cm³/mol. The third-order valence-corrected chi connectivity index (χ3v) is 4.90. The van der Waals surface area contributed by atoms with Crippen LogP contribution in [0.4, 0.5) is 5.69 Å². The van der Waals surface area contributed by atoms with Gasteiger partial charge < -0.3 is 25.3 Å². The van der Waals surface area contributed by atoms with Crippen molar-refractivity contribution in [1.82, 2.24) is 9.55 Å². The minimum atomic E-state index is -1.32. The highest BCUT2D eigenvalue weighted by Gasteiger charge is 2.29. The Morgan fingerprint density at radius 2 is 1.88 bits per heavy atom. The van der Waals surface area contributed by atoms with E-state index >= 15 is 0 Å². The van der Waals surface area contributed by atoms with E-state index in [1.807, 2.05) is 6.92 Å². The Kier molecular flexibility index (Phi) is 8.40. The Bertz CT molecular complexity index is 1010. The molecule has 0 bridgehead atoms. The molecule has 9 heteroatoms. The number of hydrogen-bond donors (Lipinski definition) is 3. The van der Waals surface area contributed by atoms with Crippen LogP contribution in [0.5, 0.6) is 11.5 Å². The monoisotopic (exact) mass is 444 g/mol. The van der Waals surface area contributed by atoms with Gasteiger partial charge in [-0.1, -0.05) is 13.3 Å². The number of aliphatic carboxylic acids is 1. The number of rotatable bonds is 12. The number of hydrogen-bond acceptors (Lipinski definition) is 7. The van der Waals surface area contributed by atoms with E-state index in [0.717, 1.165) is 6.42 Å². The van der Waals surface area contributed by atoms with Gasteiger partial charge in [0.05, 0.1) is 12.3 Å². The predicted octanol–water partition coefficient (Wildman–Crippen LogP) is 3.47. The Morgan fingerprint density at radius 3 is 2.44 bits per heavy atom. The van der Waals surface area contributed by atoms with E-state index in [9.17, 15) is 9.59 Å². The molecule has 0 unspecified atom stereocenters. The molecule has 0 aliphatic rings. The van der Waals surface area contributed by atoms with Crippen molar-refractivity contribution < 1.29 is 19.4 Å². The number of carboxylic acids is 1. The molecule has 0 fully saturated rings. The van der Waals surface area contributed by atoms with E-state index in [1.165, 1.54) is 13.8 Å². The topological polar surface area (TPSA) is 127 Å². The lowest BCUT2D eigenvalue weighted by Crippen LogP contribution is -2.37.